The molecule has 2 atom stereocenters. The Kier molecular flexibility index (Phi) is 5.02. The highest BCUT2D eigenvalue weighted by atomic mass is 35.5. The van der Waals surface area contributed by atoms with Crippen LogP contribution in [0, 0.1) is 0 Å². The predicted octanol–water partition coefficient (Wildman–Crippen LogP) is 0.962. The van der Waals surface area contributed by atoms with Crippen molar-refractivity contribution in [1.82, 2.24) is 5.32 Å². The number of nitrogens with one attached hydrogen (secondary N) is 1. The summed E-state index contributed by atoms with van der Waals surface area (Å²) in [6.07, 6.45) is -1.94. The van der Waals surface area contributed by atoms with Crippen LogP contribution in [0.25, 0.3) is 0 Å². The fraction of sp³-hybridized carbons (Fsp3) is 0.455. The highest BCUT2D eigenvalue weighted by Gasteiger charge is 2.20. The molecule has 0 aliphatic heterocycles. The molecule has 0 bridgehead atoms. The van der Waals surface area contributed by atoms with E-state index in [-0.39, 0.29) is 6.54 Å². The first-order chi connectivity index (χ1) is 7.60. The van der Waals surface area contributed by atoms with E-state index in [1.54, 1.807) is 25.2 Å². The number of methoxy groups -OCH3 is 1. The van der Waals surface area contributed by atoms with Gasteiger partial charge in [-0.2, -0.15) is 0 Å². The Morgan fingerprint density at radius 2 is 2.12 bits per heavy atom. The summed E-state index contributed by atoms with van der Waals surface area (Å²) in [7, 11) is 3.23. The lowest BCUT2D eigenvalue weighted by Gasteiger charge is -2.19. The second-order valence-corrected chi connectivity index (χ2v) is 3.86. The van der Waals surface area contributed by atoms with Crippen molar-refractivity contribution in [2.24, 2.45) is 0 Å². The molecule has 16 heavy (non-hydrogen) atoms. The van der Waals surface area contributed by atoms with E-state index in [4.69, 9.17) is 16.3 Å². The van der Waals surface area contributed by atoms with Crippen LogP contribution in [0.4, 0.5) is 0 Å². The summed E-state index contributed by atoms with van der Waals surface area (Å²) in [5.41, 5.74) is 0.462. The first-order valence-electron chi connectivity index (χ1n) is 4.94. The molecule has 0 spiro atoms. The molecule has 0 radical (unpaired) electrons. The van der Waals surface area contributed by atoms with Gasteiger partial charge in [0.25, 0.3) is 0 Å². The lowest BCUT2D eigenvalue weighted by atomic mass is 10.0. The molecular formula is C11H16ClNO3. The number of aliphatic hydroxyl groups is 2. The zero-order chi connectivity index (χ0) is 12.1. The lowest BCUT2D eigenvalue weighted by Crippen LogP contribution is -2.29. The van der Waals surface area contributed by atoms with Crippen LogP contribution in [0.15, 0.2) is 18.2 Å². The van der Waals surface area contributed by atoms with E-state index in [1.165, 1.54) is 7.11 Å². The Balaban J connectivity index is 2.92. The Hall–Kier alpha value is -0.810. The smallest absolute Gasteiger partial charge is 0.119 e. The summed E-state index contributed by atoms with van der Waals surface area (Å²) < 4.78 is 5.03. The van der Waals surface area contributed by atoms with Gasteiger partial charge >= 0.3 is 0 Å². The second kappa shape index (κ2) is 6.06. The van der Waals surface area contributed by atoms with Crippen molar-refractivity contribution in [2.75, 3.05) is 20.7 Å². The maximum atomic E-state index is 9.89. The molecule has 0 fully saturated rings. The van der Waals surface area contributed by atoms with Gasteiger partial charge in [-0.3, -0.25) is 0 Å². The fourth-order valence-corrected chi connectivity index (χ4v) is 1.63. The zero-order valence-electron chi connectivity index (χ0n) is 9.27. The van der Waals surface area contributed by atoms with Gasteiger partial charge in [-0.1, -0.05) is 11.6 Å². The van der Waals surface area contributed by atoms with E-state index >= 15 is 0 Å². The molecule has 1 aromatic carbocycles. The maximum absolute atomic E-state index is 9.89. The molecule has 0 aliphatic rings. The molecule has 0 heterocycles. The zero-order valence-corrected chi connectivity index (χ0v) is 10.0. The molecule has 3 N–H and O–H groups in total. The standard InChI is InChI=1S/C11H16ClNO3/c1-13-6-10(14)11(15)8-5-7(16-2)3-4-9(8)12/h3-5,10-11,13-15H,6H2,1-2H3. The Labute approximate surface area is 99.8 Å². The van der Waals surface area contributed by atoms with E-state index in [2.05, 4.69) is 5.32 Å². The third kappa shape index (κ3) is 3.09. The molecule has 0 saturated carbocycles. The summed E-state index contributed by atoms with van der Waals surface area (Å²) in [4.78, 5) is 0. The first kappa shape index (κ1) is 13.3. The molecule has 0 aliphatic carbocycles. The quantitative estimate of drug-likeness (QED) is 0.723. The number of halogens is 1. The van der Waals surface area contributed by atoms with Crippen LogP contribution in [-0.2, 0) is 0 Å². The van der Waals surface area contributed by atoms with Crippen LogP contribution in [-0.4, -0.2) is 37.0 Å². The Morgan fingerprint density at radius 3 is 2.69 bits per heavy atom. The third-order valence-corrected chi connectivity index (χ3v) is 2.64. The van der Waals surface area contributed by atoms with E-state index in [0.717, 1.165) is 0 Å². The number of ether oxygens (including phenoxy) is 1. The van der Waals surface area contributed by atoms with Gasteiger partial charge in [0.1, 0.15) is 11.9 Å². The lowest BCUT2D eigenvalue weighted by molar-refractivity contribution is 0.0202. The summed E-state index contributed by atoms with van der Waals surface area (Å²) in [6, 6.07) is 4.94. The summed E-state index contributed by atoms with van der Waals surface area (Å²) in [5.74, 6) is 0.593. The summed E-state index contributed by atoms with van der Waals surface area (Å²) >= 11 is 5.95. The largest absolute Gasteiger partial charge is 0.497 e. The van der Waals surface area contributed by atoms with Crippen molar-refractivity contribution in [2.45, 2.75) is 12.2 Å². The number of likely N-dealkylation sites (N-methyl/N-ethyl adjacent to an activating group) is 1. The normalized spacial score (nSPS) is 14.6. The van der Waals surface area contributed by atoms with Crippen LogP contribution >= 0.6 is 11.6 Å². The highest BCUT2D eigenvalue weighted by Crippen LogP contribution is 2.28. The summed E-state index contributed by atoms with van der Waals surface area (Å²) in [5, 5.41) is 22.7. The van der Waals surface area contributed by atoms with Crippen LogP contribution in [0.5, 0.6) is 5.75 Å². The minimum atomic E-state index is -1.03. The molecule has 1 aromatic rings. The average molecular weight is 246 g/mol. The molecule has 0 amide bonds. The van der Waals surface area contributed by atoms with E-state index in [0.29, 0.717) is 16.3 Å². The van der Waals surface area contributed by atoms with Crippen molar-refractivity contribution in [3.63, 3.8) is 0 Å². The molecule has 5 heteroatoms. The Morgan fingerprint density at radius 1 is 1.44 bits per heavy atom. The monoisotopic (exact) mass is 245 g/mol. The highest BCUT2D eigenvalue weighted by molar-refractivity contribution is 6.31. The van der Waals surface area contributed by atoms with Crippen LogP contribution in [0.3, 0.4) is 0 Å². The van der Waals surface area contributed by atoms with Crippen molar-refractivity contribution < 1.29 is 14.9 Å². The van der Waals surface area contributed by atoms with E-state index in [9.17, 15) is 10.2 Å². The number of hydrogen-bond donors (Lipinski definition) is 3. The van der Waals surface area contributed by atoms with Gasteiger partial charge in [-0.05, 0) is 25.2 Å². The number of rotatable bonds is 5. The van der Waals surface area contributed by atoms with Gasteiger partial charge < -0.3 is 20.3 Å². The van der Waals surface area contributed by atoms with Gasteiger partial charge in [0.05, 0.1) is 13.2 Å². The van der Waals surface area contributed by atoms with Gasteiger partial charge in [-0.25, -0.2) is 0 Å². The molecule has 1 rings (SSSR count). The van der Waals surface area contributed by atoms with Crippen LogP contribution < -0.4 is 10.1 Å². The molecule has 90 valence electrons. The maximum Gasteiger partial charge on any atom is 0.119 e. The van der Waals surface area contributed by atoms with E-state index < -0.39 is 12.2 Å². The van der Waals surface area contributed by atoms with Crippen molar-refractivity contribution in [3.8, 4) is 5.75 Å². The molecule has 2 unspecified atom stereocenters. The van der Waals surface area contributed by atoms with E-state index in [1.807, 2.05) is 0 Å². The minimum absolute atomic E-state index is 0.286. The van der Waals surface area contributed by atoms with Crippen molar-refractivity contribution >= 4 is 11.6 Å². The Bertz CT molecular complexity index is 346. The predicted molar refractivity (Wildman–Crippen MR) is 62.9 cm³/mol. The minimum Gasteiger partial charge on any atom is -0.497 e. The third-order valence-electron chi connectivity index (χ3n) is 2.30. The van der Waals surface area contributed by atoms with Gasteiger partial charge in [-0.15, -0.1) is 0 Å². The molecule has 0 aromatic heterocycles. The molecule has 0 saturated heterocycles. The second-order valence-electron chi connectivity index (χ2n) is 3.46. The first-order valence-corrected chi connectivity index (χ1v) is 5.32. The fourth-order valence-electron chi connectivity index (χ4n) is 1.40. The molecule has 4 nitrogen and oxygen atoms in total. The van der Waals surface area contributed by atoms with Gasteiger partial charge in [0.15, 0.2) is 0 Å². The van der Waals surface area contributed by atoms with Crippen LogP contribution in [0.1, 0.15) is 11.7 Å². The number of aliphatic hydroxyl groups excluding tert-OH is 2. The SMILES string of the molecule is CNCC(O)C(O)c1cc(OC)ccc1Cl. The summed E-state index contributed by atoms with van der Waals surface area (Å²) in [6.45, 7) is 0.286. The van der Waals surface area contributed by atoms with Crippen molar-refractivity contribution in [3.05, 3.63) is 28.8 Å². The number of hydrogen-bond acceptors (Lipinski definition) is 4. The van der Waals surface area contributed by atoms with Gasteiger partial charge in [0.2, 0.25) is 0 Å². The van der Waals surface area contributed by atoms with Crippen LogP contribution in [0.2, 0.25) is 5.02 Å². The topological polar surface area (TPSA) is 61.7 Å². The molecular weight excluding hydrogens is 230 g/mol. The van der Waals surface area contributed by atoms with Gasteiger partial charge in [0, 0.05) is 17.1 Å². The average Bonchev–Trinajstić information content (AvgIpc) is 2.29. The van der Waals surface area contributed by atoms with Crippen molar-refractivity contribution in [1.29, 1.82) is 0 Å². The number of benzene rings is 1.